The number of nitrogens with one attached hydrogen (secondary N) is 3. The minimum Gasteiger partial charge on any atom is -0.387 e. The van der Waals surface area contributed by atoms with E-state index >= 15 is 0 Å². The minimum absolute atomic E-state index is 0. The van der Waals surface area contributed by atoms with Crippen LogP contribution in [0, 0.1) is 5.92 Å². The molecule has 1 aliphatic carbocycles. The van der Waals surface area contributed by atoms with Crippen molar-refractivity contribution in [2.24, 2.45) is 10.9 Å². The second-order valence-corrected chi connectivity index (χ2v) is 7.78. The van der Waals surface area contributed by atoms with Crippen molar-refractivity contribution >= 4 is 35.8 Å². The number of hydrogen-bond donors (Lipinski definition) is 4. The Labute approximate surface area is 186 Å². The molecule has 0 spiro atoms. The number of morpholine rings is 1. The summed E-state index contributed by atoms with van der Waals surface area (Å²) in [5.41, 5.74) is -0.879. The zero-order valence-corrected chi connectivity index (χ0v) is 19.7. The van der Waals surface area contributed by atoms with E-state index < -0.39 is 5.60 Å². The third-order valence-corrected chi connectivity index (χ3v) is 5.01. The summed E-state index contributed by atoms with van der Waals surface area (Å²) in [7, 11) is 0. The summed E-state index contributed by atoms with van der Waals surface area (Å²) >= 11 is 0. The topological polar surface area (TPSA) is 98.2 Å². The van der Waals surface area contributed by atoms with E-state index in [1.807, 2.05) is 13.8 Å². The molecule has 1 atom stereocenters. The number of aliphatic imine (C=N–C) groups is 1. The molecule has 0 aromatic heterocycles. The van der Waals surface area contributed by atoms with Gasteiger partial charge in [-0.1, -0.05) is 6.42 Å². The lowest BCUT2D eigenvalue weighted by atomic mass is 9.85. The van der Waals surface area contributed by atoms with Crippen LogP contribution >= 0.6 is 24.0 Å². The van der Waals surface area contributed by atoms with E-state index in [1.54, 1.807) is 0 Å². The average Bonchev–Trinajstić information content (AvgIpc) is 2.58. The van der Waals surface area contributed by atoms with Crippen LogP contribution in [0.25, 0.3) is 0 Å². The van der Waals surface area contributed by atoms with Crippen LogP contribution in [0.5, 0.6) is 0 Å². The molecular formula is C19H38IN5O3. The normalized spacial score (nSPS) is 20.5. The van der Waals surface area contributed by atoms with Crippen molar-refractivity contribution in [3.63, 3.8) is 0 Å². The lowest BCUT2D eigenvalue weighted by molar-refractivity contribution is -0.127. The van der Waals surface area contributed by atoms with Crippen LogP contribution in [0.15, 0.2) is 4.99 Å². The monoisotopic (exact) mass is 511 g/mol. The van der Waals surface area contributed by atoms with E-state index in [4.69, 9.17) is 4.74 Å². The van der Waals surface area contributed by atoms with Crippen LogP contribution in [-0.2, 0) is 9.53 Å². The van der Waals surface area contributed by atoms with E-state index in [-0.39, 0.29) is 35.8 Å². The van der Waals surface area contributed by atoms with Crippen LogP contribution in [0.1, 0.15) is 39.5 Å². The summed E-state index contributed by atoms with van der Waals surface area (Å²) in [5.74, 6) is 1.14. The molecule has 164 valence electrons. The molecule has 9 heteroatoms. The van der Waals surface area contributed by atoms with E-state index in [0.29, 0.717) is 25.6 Å². The third kappa shape index (κ3) is 9.71. The van der Waals surface area contributed by atoms with Gasteiger partial charge in [0.05, 0.1) is 25.4 Å². The SMILES string of the molecule is CCNC(=NCC(C)(O)CN1CCOCC1)NCCCNC(=O)C1CCC1.I. The molecular weight excluding hydrogens is 473 g/mol. The van der Waals surface area contributed by atoms with Crippen LogP contribution in [-0.4, -0.2) is 86.5 Å². The van der Waals surface area contributed by atoms with Gasteiger partial charge >= 0.3 is 0 Å². The molecule has 4 N–H and O–H groups in total. The lowest BCUT2D eigenvalue weighted by Gasteiger charge is -2.33. The van der Waals surface area contributed by atoms with Gasteiger partial charge in [-0.3, -0.25) is 14.7 Å². The molecule has 1 saturated heterocycles. The van der Waals surface area contributed by atoms with Crippen molar-refractivity contribution in [2.75, 3.05) is 59.0 Å². The minimum atomic E-state index is -0.879. The van der Waals surface area contributed by atoms with Gasteiger partial charge in [0.1, 0.15) is 0 Å². The Bertz CT molecular complexity index is 480. The van der Waals surface area contributed by atoms with Crippen molar-refractivity contribution in [1.29, 1.82) is 0 Å². The van der Waals surface area contributed by atoms with Crippen LogP contribution in [0.2, 0.25) is 0 Å². The summed E-state index contributed by atoms with van der Waals surface area (Å²) in [6.45, 7) is 10.1. The Balaban J connectivity index is 0.00000392. The molecule has 28 heavy (non-hydrogen) atoms. The van der Waals surface area contributed by atoms with Crippen LogP contribution < -0.4 is 16.0 Å². The third-order valence-electron chi connectivity index (χ3n) is 5.01. The number of nitrogens with zero attached hydrogens (tertiary/aromatic N) is 2. The molecule has 1 heterocycles. The lowest BCUT2D eigenvalue weighted by Crippen LogP contribution is -2.48. The van der Waals surface area contributed by atoms with Crippen molar-refractivity contribution in [1.82, 2.24) is 20.9 Å². The van der Waals surface area contributed by atoms with Crippen molar-refractivity contribution in [2.45, 2.75) is 45.1 Å². The maximum Gasteiger partial charge on any atom is 0.223 e. The number of aliphatic hydroxyl groups is 1. The van der Waals surface area contributed by atoms with E-state index in [2.05, 4.69) is 25.8 Å². The second kappa shape index (κ2) is 13.6. The maximum absolute atomic E-state index is 11.8. The van der Waals surface area contributed by atoms with Crippen molar-refractivity contribution in [3.05, 3.63) is 0 Å². The van der Waals surface area contributed by atoms with Crippen molar-refractivity contribution in [3.8, 4) is 0 Å². The fourth-order valence-corrected chi connectivity index (χ4v) is 3.20. The summed E-state index contributed by atoms with van der Waals surface area (Å²) < 4.78 is 5.35. The molecule has 0 radical (unpaired) electrons. The molecule has 2 aliphatic rings. The van der Waals surface area contributed by atoms with Gasteiger partial charge in [-0.25, -0.2) is 0 Å². The molecule has 8 nitrogen and oxygen atoms in total. The largest absolute Gasteiger partial charge is 0.387 e. The average molecular weight is 511 g/mol. The van der Waals surface area contributed by atoms with Gasteiger partial charge in [-0.2, -0.15) is 0 Å². The van der Waals surface area contributed by atoms with E-state index in [0.717, 1.165) is 58.7 Å². The predicted molar refractivity (Wildman–Crippen MR) is 122 cm³/mol. The molecule has 1 saturated carbocycles. The number of hydrogen-bond acceptors (Lipinski definition) is 5. The van der Waals surface area contributed by atoms with Crippen molar-refractivity contribution < 1.29 is 14.6 Å². The zero-order valence-electron chi connectivity index (χ0n) is 17.3. The number of carbonyl (C=O) groups excluding carboxylic acids is 1. The maximum atomic E-state index is 11.8. The van der Waals surface area contributed by atoms with E-state index in [1.165, 1.54) is 6.42 Å². The fraction of sp³-hybridized carbons (Fsp3) is 0.895. The summed E-state index contributed by atoms with van der Waals surface area (Å²) in [6.07, 6.45) is 4.09. The van der Waals surface area contributed by atoms with Crippen LogP contribution in [0.4, 0.5) is 0 Å². The smallest absolute Gasteiger partial charge is 0.223 e. The summed E-state index contributed by atoms with van der Waals surface area (Å²) in [6, 6.07) is 0. The highest BCUT2D eigenvalue weighted by atomic mass is 127. The molecule has 0 bridgehead atoms. The van der Waals surface area contributed by atoms with Gasteiger partial charge in [0.2, 0.25) is 5.91 Å². The number of β-amino-alcohol motifs (C(OH)–C–C–N with tert-alkyl or cyclic N) is 1. The molecule has 1 aliphatic heterocycles. The highest BCUT2D eigenvalue weighted by molar-refractivity contribution is 14.0. The van der Waals surface area contributed by atoms with Gasteiger partial charge in [0.15, 0.2) is 5.96 Å². The molecule has 0 aromatic carbocycles. The van der Waals surface area contributed by atoms with Gasteiger partial charge in [-0.05, 0) is 33.1 Å². The standard InChI is InChI=1S/C19H37N5O3.HI/c1-3-20-18(22-9-5-8-21-17(25)16-6-4-7-16)23-14-19(2,26)15-24-10-12-27-13-11-24;/h16,26H,3-15H2,1-2H3,(H,21,25)(H2,20,22,23);1H. The highest BCUT2D eigenvalue weighted by Crippen LogP contribution is 2.25. The Morgan fingerprint density at radius 1 is 1.21 bits per heavy atom. The molecule has 0 aromatic rings. The molecule has 2 rings (SSSR count). The number of amides is 1. The Hall–Kier alpha value is -0.650. The van der Waals surface area contributed by atoms with Gasteiger partial charge < -0.3 is 25.8 Å². The first kappa shape index (κ1) is 25.4. The summed E-state index contributed by atoms with van der Waals surface area (Å²) in [5, 5.41) is 20.1. The Kier molecular flexibility index (Phi) is 12.3. The summed E-state index contributed by atoms with van der Waals surface area (Å²) in [4.78, 5) is 18.5. The second-order valence-electron chi connectivity index (χ2n) is 7.78. The number of carbonyl (C=O) groups is 1. The Morgan fingerprint density at radius 3 is 2.50 bits per heavy atom. The molecule has 1 amide bonds. The zero-order chi connectivity index (χ0) is 19.5. The first-order valence-corrected chi connectivity index (χ1v) is 10.3. The number of halogens is 1. The first-order chi connectivity index (χ1) is 13.0. The number of rotatable bonds is 10. The number of ether oxygens (including phenoxy) is 1. The molecule has 2 fully saturated rings. The van der Waals surface area contributed by atoms with Gasteiger partial charge in [-0.15, -0.1) is 24.0 Å². The fourth-order valence-electron chi connectivity index (χ4n) is 3.20. The van der Waals surface area contributed by atoms with Crippen LogP contribution in [0.3, 0.4) is 0 Å². The van der Waals surface area contributed by atoms with E-state index in [9.17, 15) is 9.90 Å². The van der Waals surface area contributed by atoms with Gasteiger partial charge in [0, 0.05) is 45.2 Å². The highest BCUT2D eigenvalue weighted by Gasteiger charge is 2.25. The Morgan fingerprint density at radius 2 is 1.89 bits per heavy atom. The number of guanidine groups is 1. The first-order valence-electron chi connectivity index (χ1n) is 10.3. The quantitative estimate of drug-likeness (QED) is 0.148. The molecule has 1 unspecified atom stereocenters. The predicted octanol–water partition coefficient (Wildman–Crippen LogP) is 0.549. The van der Waals surface area contributed by atoms with Gasteiger partial charge in [0.25, 0.3) is 0 Å².